The minimum absolute atomic E-state index is 0.0861. The van der Waals surface area contributed by atoms with E-state index in [1.165, 1.54) is 0 Å². The average molecular weight is 344 g/mol. The van der Waals surface area contributed by atoms with Crippen LogP contribution in [-0.4, -0.2) is 58.3 Å². The number of nitrogens with two attached hydrogens (primary N) is 1. The molecule has 136 valence electrons. The van der Waals surface area contributed by atoms with Gasteiger partial charge in [0.1, 0.15) is 5.54 Å². The molecule has 1 aromatic heterocycles. The highest BCUT2D eigenvalue weighted by Gasteiger charge is 2.50. The Labute approximate surface area is 149 Å². The molecule has 6 heteroatoms. The number of aromatic nitrogens is 1. The molecule has 6 nitrogen and oxygen atoms in total. The molecule has 0 unspecified atom stereocenters. The van der Waals surface area contributed by atoms with Crippen molar-refractivity contribution in [3.63, 3.8) is 0 Å². The van der Waals surface area contributed by atoms with Crippen LogP contribution < -0.4 is 5.73 Å². The molecule has 1 aromatic rings. The summed E-state index contributed by atoms with van der Waals surface area (Å²) in [5.41, 5.74) is 6.29. The van der Waals surface area contributed by atoms with Crippen LogP contribution in [0.5, 0.6) is 0 Å². The zero-order chi connectivity index (χ0) is 18.0. The number of piperidine rings is 1. The predicted octanol–water partition coefficient (Wildman–Crippen LogP) is 1.72. The van der Waals surface area contributed by atoms with Crippen molar-refractivity contribution in [2.75, 3.05) is 20.1 Å². The molecule has 25 heavy (non-hydrogen) atoms. The van der Waals surface area contributed by atoms with E-state index in [9.17, 15) is 9.59 Å². The predicted molar refractivity (Wildman–Crippen MR) is 96.1 cm³/mol. The molecule has 0 atom stereocenters. The molecule has 3 rings (SSSR count). The first-order valence-corrected chi connectivity index (χ1v) is 9.19. The summed E-state index contributed by atoms with van der Waals surface area (Å²) >= 11 is 0. The van der Waals surface area contributed by atoms with Gasteiger partial charge in [-0.1, -0.05) is 12.8 Å². The number of aryl methyl sites for hydroxylation is 1. The standard InChI is InChI=1S/C19H28N4O2/c1-14-16(8-5-11-21-14)17(24)23(15-6-3-4-7-15)19(18(20)25)9-12-22(2)13-10-19/h5,8,11,15H,3-4,6-7,9-10,12-13H2,1-2H3,(H2,20,25). The van der Waals surface area contributed by atoms with E-state index in [1.54, 1.807) is 18.3 Å². The molecule has 1 saturated heterocycles. The number of likely N-dealkylation sites (tertiary alicyclic amines) is 1. The first-order chi connectivity index (χ1) is 12.0. The molecule has 2 heterocycles. The van der Waals surface area contributed by atoms with Gasteiger partial charge in [0, 0.05) is 31.0 Å². The van der Waals surface area contributed by atoms with Gasteiger partial charge in [0.2, 0.25) is 5.91 Å². The van der Waals surface area contributed by atoms with Crippen molar-refractivity contribution in [2.45, 2.75) is 57.0 Å². The second-order valence-electron chi connectivity index (χ2n) is 7.45. The van der Waals surface area contributed by atoms with Gasteiger partial charge in [-0.3, -0.25) is 14.6 Å². The van der Waals surface area contributed by atoms with Crippen LogP contribution in [-0.2, 0) is 4.79 Å². The Kier molecular flexibility index (Phi) is 5.08. The van der Waals surface area contributed by atoms with Gasteiger partial charge in [-0.15, -0.1) is 0 Å². The maximum absolute atomic E-state index is 13.5. The lowest BCUT2D eigenvalue weighted by Gasteiger charge is -2.48. The number of hydrogen-bond donors (Lipinski definition) is 1. The van der Waals surface area contributed by atoms with Gasteiger partial charge >= 0.3 is 0 Å². The minimum atomic E-state index is -0.888. The Bertz CT molecular complexity index is 647. The van der Waals surface area contributed by atoms with Gasteiger partial charge < -0.3 is 15.5 Å². The maximum Gasteiger partial charge on any atom is 0.256 e. The topological polar surface area (TPSA) is 79.5 Å². The molecule has 1 aliphatic heterocycles. The van der Waals surface area contributed by atoms with E-state index in [-0.39, 0.29) is 17.9 Å². The molecular formula is C19H28N4O2. The lowest BCUT2D eigenvalue weighted by atomic mass is 9.82. The van der Waals surface area contributed by atoms with Gasteiger partial charge in [0.25, 0.3) is 5.91 Å². The normalized spacial score (nSPS) is 21.2. The molecule has 0 bridgehead atoms. The Balaban J connectivity index is 2.03. The monoisotopic (exact) mass is 344 g/mol. The van der Waals surface area contributed by atoms with E-state index in [0.29, 0.717) is 24.1 Å². The van der Waals surface area contributed by atoms with Gasteiger partial charge in [-0.25, -0.2) is 0 Å². The third-order valence-corrected chi connectivity index (χ3v) is 5.88. The van der Waals surface area contributed by atoms with Crippen molar-refractivity contribution in [1.29, 1.82) is 0 Å². The third-order valence-electron chi connectivity index (χ3n) is 5.88. The van der Waals surface area contributed by atoms with Gasteiger partial charge in [0.05, 0.1) is 5.56 Å². The van der Waals surface area contributed by atoms with Crippen LogP contribution in [0.3, 0.4) is 0 Å². The zero-order valence-electron chi connectivity index (χ0n) is 15.2. The zero-order valence-corrected chi connectivity index (χ0v) is 15.2. The molecule has 1 saturated carbocycles. The maximum atomic E-state index is 13.5. The Morgan fingerprint density at radius 2 is 1.92 bits per heavy atom. The first-order valence-electron chi connectivity index (χ1n) is 9.19. The van der Waals surface area contributed by atoms with Crippen LogP contribution in [0.1, 0.15) is 54.6 Å². The Morgan fingerprint density at radius 3 is 2.48 bits per heavy atom. The highest BCUT2D eigenvalue weighted by molar-refractivity contribution is 6.00. The summed E-state index contributed by atoms with van der Waals surface area (Å²) in [5, 5.41) is 0. The van der Waals surface area contributed by atoms with Crippen LogP contribution >= 0.6 is 0 Å². The second-order valence-corrected chi connectivity index (χ2v) is 7.45. The van der Waals surface area contributed by atoms with Crippen molar-refractivity contribution in [2.24, 2.45) is 5.73 Å². The van der Waals surface area contributed by atoms with Crippen LogP contribution in [0.4, 0.5) is 0 Å². The number of rotatable bonds is 4. The van der Waals surface area contributed by atoms with E-state index < -0.39 is 5.54 Å². The quantitative estimate of drug-likeness (QED) is 0.902. The summed E-state index contributed by atoms with van der Waals surface area (Å²) in [4.78, 5) is 34.4. The highest BCUT2D eigenvalue weighted by atomic mass is 16.2. The fourth-order valence-corrected chi connectivity index (χ4v) is 4.31. The van der Waals surface area contributed by atoms with Crippen molar-refractivity contribution in [3.8, 4) is 0 Å². The molecule has 2 amide bonds. The van der Waals surface area contributed by atoms with Crippen molar-refractivity contribution in [3.05, 3.63) is 29.6 Å². The summed E-state index contributed by atoms with van der Waals surface area (Å²) < 4.78 is 0. The number of nitrogens with zero attached hydrogens (tertiary/aromatic N) is 3. The number of hydrogen-bond acceptors (Lipinski definition) is 4. The summed E-state index contributed by atoms with van der Waals surface area (Å²) in [6.45, 7) is 3.38. The lowest BCUT2D eigenvalue weighted by Crippen LogP contribution is -2.66. The van der Waals surface area contributed by atoms with Gasteiger partial charge in [-0.2, -0.15) is 0 Å². The molecule has 0 radical (unpaired) electrons. The van der Waals surface area contributed by atoms with Gasteiger partial charge in [-0.05, 0) is 51.8 Å². The van der Waals surface area contributed by atoms with Crippen molar-refractivity contribution < 1.29 is 9.59 Å². The number of amides is 2. The van der Waals surface area contributed by atoms with E-state index in [1.807, 2.05) is 18.9 Å². The third kappa shape index (κ3) is 3.27. The SMILES string of the molecule is Cc1ncccc1C(=O)N(C1CCCC1)C1(C(N)=O)CCN(C)CC1. The molecule has 0 aromatic carbocycles. The summed E-state index contributed by atoms with van der Waals surface area (Å²) in [6.07, 6.45) is 6.95. The van der Waals surface area contributed by atoms with Crippen LogP contribution in [0.2, 0.25) is 0 Å². The van der Waals surface area contributed by atoms with E-state index in [4.69, 9.17) is 5.73 Å². The smallest absolute Gasteiger partial charge is 0.256 e. The van der Waals surface area contributed by atoms with E-state index in [2.05, 4.69) is 9.88 Å². The van der Waals surface area contributed by atoms with Crippen molar-refractivity contribution in [1.82, 2.24) is 14.8 Å². The number of carbonyl (C=O) groups excluding carboxylic acids is 2. The minimum Gasteiger partial charge on any atom is -0.368 e. The molecule has 2 aliphatic rings. The second kappa shape index (κ2) is 7.12. The van der Waals surface area contributed by atoms with Crippen molar-refractivity contribution >= 4 is 11.8 Å². The fourth-order valence-electron chi connectivity index (χ4n) is 4.31. The highest BCUT2D eigenvalue weighted by Crippen LogP contribution is 2.37. The summed E-state index contributed by atoms with van der Waals surface area (Å²) in [5.74, 6) is -0.469. The fraction of sp³-hybridized carbons (Fsp3) is 0.632. The largest absolute Gasteiger partial charge is 0.368 e. The number of carbonyl (C=O) groups is 2. The number of primary amides is 1. The molecule has 2 fully saturated rings. The number of pyridine rings is 1. The van der Waals surface area contributed by atoms with Crippen LogP contribution in [0.15, 0.2) is 18.3 Å². The Morgan fingerprint density at radius 1 is 1.28 bits per heavy atom. The van der Waals surface area contributed by atoms with Crippen LogP contribution in [0, 0.1) is 6.92 Å². The van der Waals surface area contributed by atoms with Gasteiger partial charge in [0.15, 0.2) is 0 Å². The molecular weight excluding hydrogens is 316 g/mol. The summed E-state index contributed by atoms with van der Waals surface area (Å²) in [7, 11) is 2.04. The van der Waals surface area contributed by atoms with Crippen LogP contribution in [0.25, 0.3) is 0 Å². The van der Waals surface area contributed by atoms with E-state index in [0.717, 1.165) is 38.8 Å². The lowest BCUT2D eigenvalue weighted by molar-refractivity contribution is -0.133. The Hall–Kier alpha value is -1.95. The summed E-state index contributed by atoms with van der Waals surface area (Å²) in [6, 6.07) is 3.66. The van der Waals surface area contributed by atoms with E-state index >= 15 is 0 Å². The first kappa shape index (κ1) is 17.9. The average Bonchev–Trinajstić information content (AvgIpc) is 3.11. The molecule has 2 N–H and O–H groups in total. The molecule has 0 spiro atoms. The molecule has 1 aliphatic carbocycles.